The third-order valence-electron chi connectivity index (χ3n) is 4.08. The van der Waals surface area contributed by atoms with Gasteiger partial charge >= 0.3 is 0 Å². The van der Waals surface area contributed by atoms with Gasteiger partial charge in [-0.3, -0.25) is 9.59 Å². The Kier molecular flexibility index (Phi) is 4.91. The van der Waals surface area contributed by atoms with E-state index in [2.05, 4.69) is 37.8 Å². The van der Waals surface area contributed by atoms with E-state index in [1.54, 1.807) is 0 Å². The molecule has 4 rings (SSSR count). The highest BCUT2D eigenvalue weighted by Crippen LogP contribution is 2.30. The van der Waals surface area contributed by atoms with Crippen LogP contribution in [-0.2, 0) is 4.79 Å². The zero-order valence-corrected chi connectivity index (χ0v) is 15.5. The van der Waals surface area contributed by atoms with Crippen molar-refractivity contribution in [3.8, 4) is 0 Å². The molecule has 3 heterocycles. The number of carboxylic acid groups (broad SMARTS) is 1. The minimum Gasteiger partial charge on any atom is -0.481 e. The van der Waals surface area contributed by atoms with Gasteiger partial charge in [0.1, 0.15) is 16.9 Å². The average Bonchev–Trinajstić information content (AvgIpc) is 3.11. The van der Waals surface area contributed by atoms with Crippen LogP contribution in [0.2, 0.25) is 0 Å². The molecule has 1 unspecified atom stereocenters. The number of likely N-dealkylation sites (N-methyl/N-ethyl adjacent to an activating group) is 1. The van der Waals surface area contributed by atoms with E-state index in [-0.39, 0.29) is 11.5 Å². The average molecular weight is 408 g/mol. The van der Waals surface area contributed by atoms with Gasteiger partial charge in [-0.15, -0.1) is 0 Å². The third-order valence-corrected chi connectivity index (χ3v) is 4.58. The van der Waals surface area contributed by atoms with Gasteiger partial charge in [0.15, 0.2) is 0 Å². The molecule has 0 spiro atoms. The molecule has 7 nitrogen and oxygen atoms in total. The van der Waals surface area contributed by atoms with E-state index >= 15 is 0 Å². The van der Waals surface area contributed by atoms with Crippen molar-refractivity contribution in [2.45, 2.75) is 19.3 Å². The second-order valence-electron chi connectivity index (χ2n) is 6.14. The van der Waals surface area contributed by atoms with E-state index in [0.29, 0.717) is 16.7 Å². The van der Waals surface area contributed by atoms with Gasteiger partial charge in [-0.2, -0.15) is 0 Å². The van der Waals surface area contributed by atoms with Crippen LogP contribution in [-0.4, -0.2) is 46.1 Å². The van der Waals surface area contributed by atoms with Crippen molar-refractivity contribution in [3.05, 3.63) is 38.9 Å². The molecule has 1 saturated heterocycles. The second kappa shape index (κ2) is 6.97. The molecule has 1 aromatic carbocycles. The number of carbonyl (C=O) groups is 1. The van der Waals surface area contributed by atoms with Crippen LogP contribution in [0.1, 0.15) is 25.1 Å². The van der Waals surface area contributed by atoms with Crippen LogP contribution in [0, 0.1) is 0 Å². The number of rotatable bonds is 1. The first-order valence-electron chi connectivity index (χ1n) is 7.85. The molecule has 0 saturated carbocycles. The Labute approximate surface area is 151 Å². The first kappa shape index (κ1) is 17.6. The topological polar surface area (TPSA) is 99.4 Å². The van der Waals surface area contributed by atoms with E-state index in [9.17, 15) is 4.79 Å². The molecule has 2 N–H and O–H groups in total. The van der Waals surface area contributed by atoms with E-state index < -0.39 is 5.97 Å². The fourth-order valence-electron chi connectivity index (χ4n) is 2.99. The molecule has 1 fully saturated rings. The van der Waals surface area contributed by atoms with Crippen LogP contribution < -0.4 is 5.56 Å². The third kappa shape index (κ3) is 3.74. The van der Waals surface area contributed by atoms with Crippen LogP contribution in [0.3, 0.4) is 0 Å². The van der Waals surface area contributed by atoms with Gasteiger partial charge in [0.2, 0.25) is 5.58 Å². The Morgan fingerprint density at radius 3 is 2.84 bits per heavy atom. The van der Waals surface area contributed by atoms with Crippen molar-refractivity contribution in [1.29, 1.82) is 0 Å². The first-order chi connectivity index (χ1) is 11.8. The molecule has 132 valence electrons. The summed E-state index contributed by atoms with van der Waals surface area (Å²) in [5.41, 5.74) is 1.45. The summed E-state index contributed by atoms with van der Waals surface area (Å²) in [7, 11) is 2.08. The van der Waals surface area contributed by atoms with Crippen LogP contribution in [0.25, 0.3) is 22.1 Å². The lowest BCUT2D eigenvalue weighted by atomic mass is 10.1. The van der Waals surface area contributed by atoms with Crippen LogP contribution >= 0.6 is 15.9 Å². The maximum atomic E-state index is 12.3. The van der Waals surface area contributed by atoms with E-state index in [1.165, 1.54) is 0 Å². The molecule has 1 aliphatic rings. The van der Waals surface area contributed by atoms with Crippen LogP contribution in [0.4, 0.5) is 0 Å². The van der Waals surface area contributed by atoms with Crippen LogP contribution in [0.15, 0.2) is 31.9 Å². The maximum absolute atomic E-state index is 12.3. The van der Waals surface area contributed by atoms with Gasteiger partial charge in [0, 0.05) is 29.2 Å². The Morgan fingerprint density at radius 1 is 1.48 bits per heavy atom. The fraction of sp³-hybridized carbons (Fsp3) is 0.353. The lowest BCUT2D eigenvalue weighted by molar-refractivity contribution is -0.134. The van der Waals surface area contributed by atoms with Gasteiger partial charge in [-0.25, -0.2) is 4.98 Å². The maximum Gasteiger partial charge on any atom is 0.300 e. The SMILES string of the molecule is CC(=O)O.CN1CCC(c2nc3c(oc4ccc(Br)cc43)c(=O)[nH]2)C1. The molecule has 8 heteroatoms. The number of furan rings is 1. The highest BCUT2D eigenvalue weighted by molar-refractivity contribution is 9.10. The van der Waals surface area contributed by atoms with Crippen molar-refractivity contribution in [2.75, 3.05) is 20.1 Å². The van der Waals surface area contributed by atoms with Gasteiger partial charge in [0.05, 0.1) is 0 Å². The van der Waals surface area contributed by atoms with Gasteiger partial charge in [0.25, 0.3) is 11.5 Å². The Hall–Kier alpha value is -2.19. The normalized spacial score (nSPS) is 17.6. The van der Waals surface area contributed by atoms with E-state index in [1.807, 2.05) is 18.2 Å². The first-order valence-corrected chi connectivity index (χ1v) is 8.64. The summed E-state index contributed by atoms with van der Waals surface area (Å²) in [5.74, 6) is 0.212. The molecule has 3 aromatic rings. The van der Waals surface area contributed by atoms with Gasteiger partial charge < -0.3 is 19.4 Å². The molecular formula is C17H18BrN3O4. The van der Waals surface area contributed by atoms with E-state index in [4.69, 9.17) is 14.3 Å². The second-order valence-corrected chi connectivity index (χ2v) is 7.05. The number of aromatic nitrogens is 2. The molecule has 0 bridgehead atoms. The summed E-state index contributed by atoms with van der Waals surface area (Å²) in [6.07, 6.45) is 1.02. The molecule has 0 aliphatic carbocycles. The summed E-state index contributed by atoms with van der Waals surface area (Å²) in [6, 6.07) is 5.69. The monoisotopic (exact) mass is 407 g/mol. The standard InChI is InChI=1S/C15H14BrN3O2.C2H4O2/c1-19-5-4-8(7-19)14-17-12-10-6-9(16)2-3-11(10)21-13(12)15(20)18-14;1-2(3)4/h2-3,6,8H,4-5,7H2,1H3,(H,17,18,20);1H3,(H,3,4). The fourth-order valence-corrected chi connectivity index (χ4v) is 3.36. The number of hydrogen-bond donors (Lipinski definition) is 2. The van der Waals surface area contributed by atoms with Crippen molar-refractivity contribution in [2.24, 2.45) is 0 Å². The number of nitrogens with one attached hydrogen (secondary N) is 1. The minimum atomic E-state index is -0.833. The smallest absolute Gasteiger partial charge is 0.300 e. The van der Waals surface area contributed by atoms with Crippen molar-refractivity contribution in [3.63, 3.8) is 0 Å². The molecule has 2 aromatic heterocycles. The quantitative estimate of drug-likeness (QED) is 0.643. The number of fused-ring (bicyclic) bond motifs is 3. The molecule has 25 heavy (non-hydrogen) atoms. The summed E-state index contributed by atoms with van der Waals surface area (Å²) in [6.45, 7) is 3.04. The zero-order chi connectivity index (χ0) is 18.1. The number of benzene rings is 1. The Morgan fingerprint density at radius 2 is 2.20 bits per heavy atom. The summed E-state index contributed by atoms with van der Waals surface area (Å²) in [4.78, 5) is 31.1. The summed E-state index contributed by atoms with van der Waals surface area (Å²) in [5, 5.41) is 8.29. The molecule has 0 radical (unpaired) electrons. The number of aliphatic carboxylic acids is 1. The van der Waals surface area contributed by atoms with E-state index in [0.717, 1.165) is 42.1 Å². The van der Waals surface area contributed by atoms with Crippen LogP contribution in [0.5, 0.6) is 0 Å². The lowest BCUT2D eigenvalue weighted by Gasteiger charge is -2.09. The predicted molar refractivity (Wildman–Crippen MR) is 98.0 cm³/mol. The number of likely N-dealkylation sites (tertiary alicyclic amines) is 1. The zero-order valence-electron chi connectivity index (χ0n) is 13.9. The molecule has 0 amide bonds. The number of hydrogen-bond acceptors (Lipinski definition) is 5. The Bertz CT molecular complexity index is 991. The largest absolute Gasteiger partial charge is 0.481 e. The van der Waals surface area contributed by atoms with Crippen molar-refractivity contribution >= 4 is 44.0 Å². The molecular weight excluding hydrogens is 390 g/mol. The molecule has 1 atom stereocenters. The van der Waals surface area contributed by atoms with Crippen molar-refractivity contribution < 1.29 is 14.3 Å². The molecule has 1 aliphatic heterocycles. The minimum absolute atomic E-state index is 0.197. The highest BCUT2D eigenvalue weighted by atomic mass is 79.9. The Balaban J connectivity index is 0.000000415. The lowest BCUT2D eigenvalue weighted by Crippen LogP contribution is -2.17. The summed E-state index contributed by atoms with van der Waals surface area (Å²) >= 11 is 3.45. The van der Waals surface area contributed by atoms with Gasteiger partial charge in [-0.05, 0) is 38.2 Å². The number of aromatic amines is 1. The number of H-pyrrole nitrogens is 1. The number of halogens is 1. The number of nitrogens with zero attached hydrogens (tertiary/aromatic N) is 2. The van der Waals surface area contributed by atoms with Crippen molar-refractivity contribution in [1.82, 2.24) is 14.9 Å². The summed E-state index contributed by atoms with van der Waals surface area (Å²) < 4.78 is 6.59. The number of carboxylic acids is 1. The highest BCUT2D eigenvalue weighted by Gasteiger charge is 2.24. The predicted octanol–water partition coefficient (Wildman–Crippen LogP) is 2.94. The van der Waals surface area contributed by atoms with Gasteiger partial charge in [-0.1, -0.05) is 15.9 Å².